The third-order valence-corrected chi connectivity index (χ3v) is 1.28. The van der Waals surface area contributed by atoms with E-state index in [9.17, 15) is 0 Å². The van der Waals surface area contributed by atoms with E-state index in [1.807, 2.05) is 0 Å². The third-order valence-electron chi connectivity index (χ3n) is 1.28. The van der Waals surface area contributed by atoms with Gasteiger partial charge in [-0.2, -0.15) is 6.42 Å². The molecule has 0 saturated carbocycles. The molecule has 0 atom stereocenters. The number of ether oxygens (including phenoxy) is 2. The zero-order valence-electron chi connectivity index (χ0n) is 6.14. The van der Waals surface area contributed by atoms with Gasteiger partial charge in [0.15, 0.2) is 0 Å². The molecule has 0 aromatic heterocycles. The van der Waals surface area contributed by atoms with Gasteiger partial charge in [-0.1, -0.05) is 20.1 Å². The first-order valence-electron chi connectivity index (χ1n) is 2.92. The molecule has 0 spiro atoms. The van der Waals surface area contributed by atoms with Crippen LogP contribution in [-0.4, -0.2) is 20.0 Å². The molecule has 0 radical (unpaired) electrons. The third kappa shape index (κ3) is 4.09. The fourth-order valence-electron chi connectivity index (χ4n) is 0.677. The van der Waals surface area contributed by atoms with E-state index in [1.165, 1.54) is 5.92 Å². The number of rotatable bonds is 1. The van der Waals surface area contributed by atoms with Crippen molar-refractivity contribution < 1.29 is 60.9 Å². The van der Waals surface area contributed by atoms with Crippen molar-refractivity contribution in [1.82, 2.24) is 0 Å². The Labute approximate surface area is 98.7 Å². The van der Waals surface area contributed by atoms with Crippen LogP contribution in [0.5, 0.6) is 0 Å². The predicted octanol–water partition coefficient (Wildman–Crippen LogP) is -2.02. The molecular formula is C6H11KO2. The summed E-state index contributed by atoms with van der Waals surface area (Å²) in [5.41, 5.74) is 0. The first kappa shape index (κ1) is 10.6. The summed E-state index contributed by atoms with van der Waals surface area (Å²) < 4.78 is 10.0. The summed E-state index contributed by atoms with van der Waals surface area (Å²) in [5, 5.41) is 0. The molecule has 0 bridgehead atoms. The normalized spacial score (nSPS) is 21.0. The molecule has 3 heteroatoms. The van der Waals surface area contributed by atoms with Gasteiger partial charge in [-0.15, -0.1) is 0 Å². The van der Waals surface area contributed by atoms with Crippen molar-refractivity contribution in [2.75, 3.05) is 20.0 Å². The molecule has 0 amide bonds. The summed E-state index contributed by atoms with van der Waals surface area (Å²) in [5.74, 6) is 1.36. The van der Waals surface area contributed by atoms with Gasteiger partial charge in [-0.3, -0.25) is 5.92 Å². The van der Waals surface area contributed by atoms with Crippen LogP contribution in [0.3, 0.4) is 0 Å². The van der Waals surface area contributed by atoms with Gasteiger partial charge in [-0.25, -0.2) is 0 Å². The second kappa shape index (κ2) is 6.28. The molecule has 0 aromatic carbocycles. The molecule has 1 rings (SSSR count). The van der Waals surface area contributed by atoms with Crippen molar-refractivity contribution in [2.24, 2.45) is 0 Å². The minimum Gasteiger partial charge on any atom is -0.387 e. The van der Waals surface area contributed by atoms with Crippen LogP contribution in [0, 0.1) is 5.92 Å². The Kier molecular flexibility index (Phi) is 7.36. The maximum Gasteiger partial charge on any atom is 1.00 e. The van der Waals surface area contributed by atoms with Gasteiger partial charge in [0.05, 0.1) is 0 Å². The van der Waals surface area contributed by atoms with Crippen LogP contribution in [0.2, 0.25) is 0 Å². The van der Waals surface area contributed by atoms with Gasteiger partial charge in [0.1, 0.15) is 6.79 Å². The van der Waals surface area contributed by atoms with Gasteiger partial charge in [0.2, 0.25) is 0 Å². The van der Waals surface area contributed by atoms with Crippen molar-refractivity contribution in [3.8, 4) is 0 Å². The molecule has 1 aliphatic heterocycles. The summed E-state index contributed by atoms with van der Waals surface area (Å²) >= 11 is 0. The Morgan fingerprint density at radius 2 is 1.89 bits per heavy atom. The Morgan fingerprint density at radius 1 is 1.33 bits per heavy atom. The first-order valence-corrected chi connectivity index (χ1v) is 2.92. The molecule has 9 heavy (non-hydrogen) atoms. The van der Waals surface area contributed by atoms with E-state index in [-0.39, 0.29) is 51.4 Å². The summed E-state index contributed by atoms with van der Waals surface area (Å²) in [7, 11) is 0. The quantitative estimate of drug-likeness (QED) is 0.321. The number of hydrogen-bond acceptors (Lipinski definition) is 2. The van der Waals surface area contributed by atoms with Crippen LogP contribution in [0.25, 0.3) is 0 Å². The largest absolute Gasteiger partial charge is 1.00 e. The maximum atomic E-state index is 5.01. The van der Waals surface area contributed by atoms with Crippen molar-refractivity contribution in [3.05, 3.63) is 5.92 Å². The standard InChI is InChI=1S/C6H11O2.K/c1-2-6-3-7-5-8-4-6;/h2-5H2,1H3;/q-1;+1. The van der Waals surface area contributed by atoms with Gasteiger partial charge >= 0.3 is 51.4 Å². The zero-order valence-corrected chi connectivity index (χ0v) is 9.27. The molecule has 1 aliphatic rings. The minimum absolute atomic E-state index is 0. The minimum atomic E-state index is 0. The Balaban J connectivity index is 0.000000640. The van der Waals surface area contributed by atoms with Crippen LogP contribution < -0.4 is 51.4 Å². The van der Waals surface area contributed by atoms with Crippen molar-refractivity contribution in [1.29, 1.82) is 0 Å². The summed E-state index contributed by atoms with van der Waals surface area (Å²) in [6.45, 7) is 4.20. The number of hydrogen-bond donors (Lipinski definition) is 0. The van der Waals surface area contributed by atoms with E-state index in [0.29, 0.717) is 6.79 Å². The van der Waals surface area contributed by atoms with E-state index in [0.717, 1.165) is 19.6 Å². The Morgan fingerprint density at radius 3 is 2.22 bits per heavy atom. The second-order valence-corrected chi connectivity index (χ2v) is 1.92. The molecular weight excluding hydrogens is 143 g/mol. The first-order chi connectivity index (χ1) is 3.93. The Bertz CT molecular complexity index is 62.1. The fraction of sp³-hybridized carbons (Fsp3) is 0.833. The van der Waals surface area contributed by atoms with Crippen molar-refractivity contribution >= 4 is 0 Å². The average molecular weight is 154 g/mol. The molecule has 1 saturated heterocycles. The molecule has 1 heterocycles. The average Bonchev–Trinajstić information content (AvgIpc) is 1.90. The molecule has 0 N–H and O–H groups in total. The molecule has 1 fully saturated rings. The Hall–Kier alpha value is 1.56. The van der Waals surface area contributed by atoms with E-state index in [4.69, 9.17) is 9.47 Å². The van der Waals surface area contributed by atoms with E-state index < -0.39 is 0 Å². The SMILES string of the molecule is CC[C-]1COCOC1.[K+]. The predicted molar refractivity (Wildman–Crippen MR) is 30.3 cm³/mol. The van der Waals surface area contributed by atoms with Crippen LogP contribution in [-0.2, 0) is 9.47 Å². The van der Waals surface area contributed by atoms with E-state index in [2.05, 4.69) is 6.92 Å². The molecule has 0 unspecified atom stereocenters. The van der Waals surface area contributed by atoms with Gasteiger partial charge < -0.3 is 9.47 Å². The fourth-order valence-corrected chi connectivity index (χ4v) is 0.677. The van der Waals surface area contributed by atoms with E-state index >= 15 is 0 Å². The van der Waals surface area contributed by atoms with Gasteiger partial charge in [0.25, 0.3) is 0 Å². The molecule has 0 aromatic rings. The van der Waals surface area contributed by atoms with Gasteiger partial charge in [-0.05, 0) is 0 Å². The van der Waals surface area contributed by atoms with Crippen LogP contribution in [0.1, 0.15) is 13.3 Å². The molecule has 48 valence electrons. The summed E-state index contributed by atoms with van der Waals surface area (Å²) in [6.07, 6.45) is 1.08. The monoisotopic (exact) mass is 154 g/mol. The van der Waals surface area contributed by atoms with Crippen molar-refractivity contribution in [3.63, 3.8) is 0 Å². The zero-order chi connectivity index (χ0) is 5.82. The molecule has 2 nitrogen and oxygen atoms in total. The smallest absolute Gasteiger partial charge is 0.387 e. The van der Waals surface area contributed by atoms with Gasteiger partial charge in [0, 0.05) is 0 Å². The van der Waals surface area contributed by atoms with Crippen LogP contribution >= 0.6 is 0 Å². The maximum absolute atomic E-state index is 5.01. The van der Waals surface area contributed by atoms with Crippen LogP contribution in [0.4, 0.5) is 0 Å². The molecule has 0 aliphatic carbocycles. The van der Waals surface area contributed by atoms with E-state index in [1.54, 1.807) is 0 Å². The second-order valence-electron chi connectivity index (χ2n) is 1.92. The summed E-state index contributed by atoms with van der Waals surface area (Å²) in [6, 6.07) is 0. The van der Waals surface area contributed by atoms with Crippen LogP contribution in [0.15, 0.2) is 0 Å². The topological polar surface area (TPSA) is 18.5 Å². The van der Waals surface area contributed by atoms with Crippen molar-refractivity contribution in [2.45, 2.75) is 13.3 Å². The summed E-state index contributed by atoms with van der Waals surface area (Å²) in [4.78, 5) is 0.